The number of benzene rings is 1. The van der Waals surface area contributed by atoms with Crippen LogP contribution in [0.15, 0.2) is 28.8 Å². The molecule has 0 aliphatic rings. The van der Waals surface area contributed by atoms with Crippen molar-refractivity contribution in [2.75, 3.05) is 0 Å². The Kier molecular flexibility index (Phi) is 4.56. The zero-order valence-electron chi connectivity index (χ0n) is 13.0. The van der Waals surface area contributed by atoms with Crippen LogP contribution in [-0.4, -0.2) is 20.0 Å². The third-order valence-corrected chi connectivity index (χ3v) is 4.23. The fourth-order valence-corrected chi connectivity index (χ4v) is 2.56. The van der Waals surface area contributed by atoms with Crippen LogP contribution in [0.25, 0.3) is 22.8 Å². The van der Waals surface area contributed by atoms with E-state index in [0.717, 1.165) is 0 Å². The third-order valence-electron chi connectivity index (χ3n) is 3.53. The molecule has 0 saturated heterocycles. The summed E-state index contributed by atoms with van der Waals surface area (Å²) in [4.78, 5) is 18.8. The van der Waals surface area contributed by atoms with Crippen molar-refractivity contribution in [3.05, 3.63) is 50.7 Å². The highest BCUT2D eigenvalue weighted by Crippen LogP contribution is 2.36. The highest BCUT2D eigenvalue weighted by molar-refractivity contribution is 6.32. The molecule has 0 aliphatic carbocycles. The molecule has 0 N–H and O–H groups in total. The molecule has 0 atom stereocenters. The van der Waals surface area contributed by atoms with Crippen LogP contribution in [0.5, 0.6) is 5.88 Å². The van der Waals surface area contributed by atoms with Crippen molar-refractivity contribution < 1.29 is 13.7 Å². The van der Waals surface area contributed by atoms with Crippen LogP contribution < -0.4 is 4.29 Å². The van der Waals surface area contributed by atoms with E-state index in [0.29, 0.717) is 27.4 Å². The number of pyridine rings is 1. The minimum absolute atomic E-state index is 0.0849. The molecule has 0 radical (unpaired) electrons. The first-order chi connectivity index (χ1) is 11.9. The average Bonchev–Trinajstić information content (AvgIpc) is 3.09. The number of nitro benzene ring substituents is 1. The van der Waals surface area contributed by atoms with E-state index in [-0.39, 0.29) is 23.3 Å². The molecule has 0 aliphatic heterocycles. The zero-order chi connectivity index (χ0) is 18.1. The Morgan fingerprint density at radius 2 is 2.04 bits per heavy atom. The second-order valence-corrected chi connectivity index (χ2v) is 5.66. The molecule has 0 spiro atoms. The molecule has 25 heavy (non-hydrogen) atoms. The Morgan fingerprint density at radius 1 is 1.28 bits per heavy atom. The molecule has 2 aromatic heterocycles. The average molecular weight is 381 g/mol. The lowest BCUT2D eigenvalue weighted by atomic mass is 10.1. The van der Waals surface area contributed by atoms with Crippen LogP contribution >= 0.6 is 23.5 Å². The number of hydrogen-bond donors (Lipinski definition) is 0. The Balaban J connectivity index is 2.10. The van der Waals surface area contributed by atoms with Gasteiger partial charge in [0.05, 0.1) is 21.2 Å². The summed E-state index contributed by atoms with van der Waals surface area (Å²) >= 11 is 11.7. The summed E-state index contributed by atoms with van der Waals surface area (Å²) in [5.74, 6) is 0.354. The van der Waals surface area contributed by atoms with Gasteiger partial charge in [0.2, 0.25) is 11.7 Å². The first kappa shape index (κ1) is 17.1. The summed E-state index contributed by atoms with van der Waals surface area (Å²) in [5, 5.41) is 15.2. The summed E-state index contributed by atoms with van der Waals surface area (Å²) in [6.45, 7) is 3.46. The molecule has 10 heteroatoms. The summed E-state index contributed by atoms with van der Waals surface area (Å²) in [6, 6.07) is 5.86. The number of aromatic nitrogens is 3. The van der Waals surface area contributed by atoms with Crippen molar-refractivity contribution in [3.63, 3.8) is 0 Å². The second kappa shape index (κ2) is 6.66. The molecule has 0 bridgehead atoms. The Bertz CT molecular complexity index is 974. The quantitative estimate of drug-likeness (QED) is 0.484. The third kappa shape index (κ3) is 3.13. The van der Waals surface area contributed by atoms with E-state index in [1.807, 2.05) is 0 Å². The molecule has 8 nitrogen and oxygen atoms in total. The maximum Gasteiger partial charge on any atom is 0.270 e. The lowest BCUT2D eigenvalue weighted by molar-refractivity contribution is -0.384. The van der Waals surface area contributed by atoms with E-state index in [1.54, 1.807) is 19.9 Å². The lowest BCUT2D eigenvalue weighted by Gasteiger charge is -2.09. The van der Waals surface area contributed by atoms with Crippen LogP contribution in [0.2, 0.25) is 5.02 Å². The van der Waals surface area contributed by atoms with Crippen molar-refractivity contribution in [2.45, 2.75) is 13.8 Å². The van der Waals surface area contributed by atoms with Gasteiger partial charge in [-0.3, -0.25) is 10.1 Å². The fraction of sp³-hybridized carbons (Fsp3) is 0.133. The van der Waals surface area contributed by atoms with Crippen LogP contribution in [-0.2, 0) is 0 Å². The molecule has 3 aromatic rings. The first-order valence-electron chi connectivity index (χ1n) is 6.96. The topological polar surface area (TPSA) is 104 Å². The maximum atomic E-state index is 10.9. The van der Waals surface area contributed by atoms with Crippen LogP contribution in [0.1, 0.15) is 11.3 Å². The van der Waals surface area contributed by atoms with Gasteiger partial charge in [0.15, 0.2) is 0 Å². The van der Waals surface area contributed by atoms with Gasteiger partial charge in [-0.2, -0.15) is 4.98 Å². The van der Waals surface area contributed by atoms with Gasteiger partial charge in [-0.25, -0.2) is 4.98 Å². The van der Waals surface area contributed by atoms with Crippen molar-refractivity contribution in [1.82, 2.24) is 15.1 Å². The van der Waals surface area contributed by atoms with Crippen LogP contribution in [0.4, 0.5) is 5.69 Å². The van der Waals surface area contributed by atoms with E-state index in [4.69, 9.17) is 32.3 Å². The highest BCUT2D eigenvalue weighted by Gasteiger charge is 2.22. The zero-order valence-corrected chi connectivity index (χ0v) is 14.5. The van der Waals surface area contributed by atoms with Gasteiger partial charge in [0.1, 0.15) is 11.9 Å². The number of nitro groups is 1. The predicted molar refractivity (Wildman–Crippen MR) is 90.6 cm³/mol. The molecule has 0 fully saturated rings. The van der Waals surface area contributed by atoms with Gasteiger partial charge in [0, 0.05) is 17.7 Å². The predicted octanol–water partition coefficient (Wildman–Crippen LogP) is 4.51. The highest BCUT2D eigenvalue weighted by atomic mass is 35.5. The molecule has 1 aromatic carbocycles. The summed E-state index contributed by atoms with van der Waals surface area (Å²) < 4.78 is 9.98. The standard InChI is InChI=1S/C15H10Cl2N4O4/c1-7-11(15(24-17)18-8(2)12(7)16)13-19-14(25-20-13)9-4-3-5-10(6-9)21(22)23/h3-6H,1-2H3. The number of non-ortho nitro benzene ring substituents is 1. The van der Waals surface area contributed by atoms with Gasteiger partial charge in [0.25, 0.3) is 11.6 Å². The summed E-state index contributed by atoms with van der Waals surface area (Å²) in [6.07, 6.45) is 0. The molecule has 0 amide bonds. The Morgan fingerprint density at radius 3 is 2.72 bits per heavy atom. The number of rotatable bonds is 4. The first-order valence-corrected chi connectivity index (χ1v) is 7.65. The van der Waals surface area contributed by atoms with Gasteiger partial charge >= 0.3 is 0 Å². The minimum atomic E-state index is -0.506. The SMILES string of the molecule is Cc1nc(OCl)c(-c2noc(-c3cccc([N+](=O)[O-])c3)n2)c(C)c1Cl. The Labute approximate surface area is 151 Å². The molecule has 0 saturated carbocycles. The van der Waals surface area contributed by atoms with Crippen molar-refractivity contribution in [2.24, 2.45) is 0 Å². The van der Waals surface area contributed by atoms with Gasteiger partial charge in [-0.05, 0) is 25.5 Å². The van der Waals surface area contributed by atoms with Gasteiger partial charge < -0.3 is 8.81 Å². The monoisotopic (exact) mass is 380 g/mol. The summed E-state index contributed by atoms with van der Waals surface area (Å²) in [5.41, 5.74) is 1.87. The smallest absolute Gasteiger partial charge is 0.270 e. The molecule has 3 rings (SSSR count). The Hall–Kier alpha value is -2.71. The van der Waals surface area contributed by atoms with E-state index in [1.165, 1.54) is 18.2 Å². The van der Waals surface area contributed by atoms with Crippen molar-refractivity contribution in [3.8, 4) is 28.7 Å². The summed E-state index contributed by atoms with van der Waals surface area (Å²) in [7, 11) is 0. The van der Waals surface area contributed by atoms with Crippen LogP contribution in [0.3, 0.4) is 0 Å². The van der Waals surface area contributed by atoms with Crippen LogP contribution in [0, 0.1) is 24.0 Å². The maximum absolute atomic E-state index is 10.9. The van der Waals surface area contributed by atoms with E-state index in [9.17, 15) is 10.1 Å². The number of aryl methyl sites for hydroxylation is 1. The normalized spacial score (nSPS) is 10.7. The lowest BCUT2D eigenvalue weighted by Crippen LogP contribution is -1.97. The van der Waals surface area contributed by atoms with E-state index >= 15 is 0 Å². The van der Waals surface area contributed by atoms with E-state index in [2.05, 4.69) is 15.1 Å². The van der Waals surface area contributed by atoms with E-state index < -0.39 is 4.92 Å². The molecule has 128 valence electrons. The van der Waals surface area contributed by atoms with Crippen molar-refractivity contribution in [1.29, 1.82) is 0 Å². The molecule has 0 unspecified atom stereocenters. The number of nitrogens with zero attached hydrogens (tertiary/aromatic N) is 4. The largest absolute Gasteiger partial charge is 0.364 e. The second-order valence-electron chi connectivity index (χ2n) is 5.12. The molecular formula is C15H10Cl2N4O4. The molecular weight excluding hydrogens is 371 g/mol. The minimum Gasteiger partial charge on any atom is -0.364 e. The number of halogens is 2. The number of hydrogen-bond acceptors (Lipinski definition) is 7. The fourth-order valence-electron chi connectivity index (χ4n) is 2.31. The van der Waals surface area contributed by atoms with Gasteiger partial charge in [-0.1, -0.05) is 22.8 Å². The van der Waals surface area contributed by atoms with Gasteiger partial charge in [-0.15, -0.1) is 0 Å². The molecule has 2 heterocycles. The van der Waals surface area contributed by atoms with Crippen molar-refractivity contribution >= 4 is 29.2 Å².